The van der Waals surface area contributed by atoms with Gasteiger partial charge in [0.05, 0.1) is 0 Å². The summed E-state index contributed by atoms with van der Waals surface area (Å²) in [6.45, 7) is 1.43. The molecule has 5 heteroatoms. The van der Waals surface area contributed by atoms with Crippen LogP contribution in [-0.4, -0.2) is 41.4 Å². The van der Waals surface area contributed by atoms with Crippen molar-refractivity contribution in [2.75, 3.05) is 14.1 Å². The van der Waals surface area contributed by atoms with E-state index in [9.17, 15) is 9.59 Å². The number of hydrogen-bond donors (Lipinski definition) is 0. The van der Waals surface area contributed by atoms with Gasteiger partial charge in [-0.2, -0.15) is 5.26 Å². The number of hydrogen-bond acceptors (Lipinski definition) is 3. The molecule has 0 saturated carbocycles. The molecule has 0 bridgehead atoms. The molecule has 12 heavy (non-hydrogen) atoms. The summed E-state index contributed by atoms with van der Waals surface area (Å²) in [6, 6.07) is 1.37. The van der Waals surface area contributed by atoms with Crippen LogP contribution in [0.3, 0.4) is 0 Å². The first kappa shape index (κ1) is 8.53. The largest absolute Gasteiger partial charge is 0.327 e. The maximum Gasteiger partial charge on any atom is 0.327 e. The zero-order chi connectivity index (χ0) is 9.52. The van der Waals surface area contributed by atoms with Gasteiger partial charge < -0.3 is 4.90 Å². The molecule has 1 aliphatic rings. The van der Waals surface area contributed by atoms with E-state index in [2.05, 4.69) is 0 Å². The van der Waals surface area contributed by atoms with Gasteiger partial charge in [0.2, 0.25) is 5.54 Å². The second kappa shape index (κ2) is 2.21. The lowest BCUT2D eigenvalue weighted by Crippen LogP contribution is -2.43. The first-order valence-corrected chi connectivity index (χ1v) is 3.42. The third-order valence-electron chi connectivity index (χ3n) is 2.18. The minimum atomic E-state index is -1.33. The van der Waals surface area contributed by atoms with Gasteiger partial charge >= 0.3 is 6.03 Å². The van der Waals surface area contributed by atoms with Crippen LogP contribution in [-0.2, 0) is 4.79 Å². The topological polar surface area (TPSA) is 64.4 Å². The Labute approximate surface area is 70.2 Å². The first-order valence-electron chi connectivity index (χ1n) is 3.42. The number of imide groups is 1. The van der Waals surface area contributed by atoms with Gasteiger partial charge in [-0.25, -0.2) is 4.79 Å². The van der Waals surface area contributed by atoms with E-state index in [1.54, 1.807) is 0 Å². The van der Waals surface area contributed by atoms with Crippen molar-refractivity contribution >= 4 is 11.9 Å². The fraction of sp³-hybridized carbons (Fsp3) is 0.571. The van der Waals surface area contributed by atoms with E-state index >= 15 is 0 Å². The summed E-state index contributed by atoms with van der Waals surface area (Å²) in [6.07, 6.45) is 0. The van der Waals surface area contributed by atoms with Crippen molar-refractivity contribution < 1.29 is 9.59 Å². The summed E-state index contributed by atoms with van der Waals surface area (Å²) in [4.78, 5) is 24.6. The fourth-order valence-electron chi connectivity index (χ4n) is 1.10. The molecule has 0 radical (unpaired) electrons. The van der Waals surface area contributed by atoms with Crippen LogP contribution in [0.25, 0.3) is 0 Å². The standard InChI is InChI=1S/C7H9N3O2/c1-7(4-8)5(11)9(2)6(12)10(7)3/h1-3H3. The summed E-state index contributed by atoms with van der Waals surface area (Å²) in [5.41, 5.74) is -1.33. The van der Waals surface area contributed by atoms with Crippen molar-refractivity contribution in [1.82, 2.24) is 9.80 Å². The van der Waals surface area contributed by atoms with E-state index in [1.807, 2.05) is 6.07 Å². The van der Waals surface area contributed by atoms with Crippen LogP contribution in [0.5, 0.6) is 0 Å². The average molecular weight is 167 g/mol. The van der Waals surface area contributed by atoms with Gasteiger partial charge in [0.25, 0.3) is 5.91 Å². The minimum Gasteiger partial charge on any atom is -0.301 e. The molecule has 1 heterocycles. The SMILES string of the molecule is CN1C(=O)N(C)C(C)(C#N)C1=O. The maximum absolute atomic E-state index is 11.3. The van der Waals surface area contributed by atoms with Gasteiger partial charge in [0.15, 0.2) is 0 Å². The predicted octanol–water partition coefficient (Wildman–Crippen LogP) is -0.208. The maximum atomic E-state index is 11.3. The molecule has 1 rings (SSSR count). The van der Waals surface area contributed by atoms with Crippen LogP contribution in [0.2, 0.25) is 0 Å². The third-order valence-corrected chi connectivity index (χ3v) is 2.18. The molecule has 0 aromatic carbocycles. The van der Waals surface area contributed by atoms with Crippen LogP contribution in [0.4, 0.5) is 4.79 Å². The highest BCUT2D eigenvalue weighted by atomic mass is 16.2. The van der Waals surface area contributed by atoms with Crippen molar-refractivity contribution in [3.63, 3.8) is 0 Å². The Morgan fingerprint density at radius 2 is 1.92 bits per heavy atom. The molecule has 0 N–H and O–H groups in total. The van der Waals surface area contributed by atoms with Gasteiger partial charge in [-0.3, -0.25) is 9.69 Å². The van der Waals surface area contributed by atoms with E-state index in [1.165, 1.54) is 21.0 Å². The van der Waals surface area contributed by atoms with Gasteiger partial charge in [-0.1, -0.05) is 0 Å². The van der Waals surface area contributed by atoms with Crippen LogP contribution in [0.15, 0.2) is 0 Å². The highest BCUT2D eigenvalue weighted by molar-refractivity contribution is 6.08. The Balaban J connectivity index is 3.18. The highest BCUT2D eigenvalue weighted by Gasteiger charge is 2.51. The van der Waals surface area contributed by atoms with Crippen LogP contribution < -0.4 is 0 Å². The summed E-state index contributed by atoms with van der Waals surface area (Å²) in [5.74, 6) is -0.475. The Morgan fingerprint density at radius 1 is 1.42 bits per heavy atom. The lowest BCUT2D eigenvalue weighted by atomic mass is 10.0. The van der Waals surface area contributed by atoms with Crippen molar-refractivity contribution in [2.45, 2.75) is 12.5 Å². The molecule has 5 nitrogen and oxygen atoms in total. The van der Waals surface area contributed by atoms with Crippen molar-refractivity contribution in [3.05, 3.63) is 0 Å². The van der Waals surface area contributed by atoms with E-state index in [0.29, 0.717) is 0 Å². The van der Waals surface area contributed by atoms with Crippen LogP contribution in [0.1, 0.15) is 6.92 Å². The second-order valence-corrected chi connectivity index (χ2v) is 2.89. The monoisotopic (exact) mass is 167 g/mol. The molecule has 0 spiro atoms. The first-order chi connectivity index (χ1) is 5.45. The number of nitrogens with zero attached hydrogens (tertiary/aromatic N) is 3. The van der Waals surface area contributed by atoms with Gasteiger partial charge in [0.1, 0.15) is 6.07 Å². The van der Waals surface area contributed by atoms with Crippen LogP contribution in [0, 0.1) is 11.3 Å². The summed E-state index contributed by atoms with van der Waals surface area (Å²) in [7, 11) is 2.80. The highest BCUT2D eigenvalue weighted by Crippen LogP contribution is 2.23. The normalized spacial score (nSPS) is 29.5. The molecule has 1 fully saturated rings. The lowest BCUT2D eigenvalue weighted by molar-refractivity contribution is -0.129. The van der Waals surface area contributed by atoms with Crippen molar-refractivity contribution in [1.29, 1.82) is 5.26 Å². The number of nitriles is 1. The number of carbonyl (C=O) groups excluding carboxylic acids is 2. The number of carbonyl (C=O) groups is 2. The molecular formula is C7H9N3O2. The van der Waals surface area contributed by atoms with Crippen molar-refractivity contribution in [2.24, 2.45) is 0 Å². The quantitative estimate of drug-likeness (QED) is 0.469. The fourth-order valence-corrected chi connectivity index (χ4v) is 1.10. The number of amides is 3. The number of rotatable bonds is 0. The smallest absolute Gasteiger partial charge is 0.301 e. The minimum absolute atomic E-state index is 0.441. The summed E-state index contributed by atoms with van der Waals surface area (Å²) >= 11 is 0. The molecule has 0 aliphatic carbocycles. The molecule has 1 unspecified atom stereocenters. The average Bonchev–Trinajstić information content (AvgIpc) is 2.22. The Hall–Kier alpha value is -1.57. The number of likely N-dealkylation sites (N-methyl/N-ethyl adjacent to an activating group) is 2. The Bertz CT molecular complexity index is 294. The summed E-state index contributed by atoms with van der Waals surface area (Å²) in [5, 5.41) is 8.71. The molecule has 1 saturated heterocycles. The molecule has 1 atom stereocenters. The van der Waals surface area contributed by atoms with Gasteiger partial charge in [-0.15, -0.1) is 0 Å². The molecule has 1 aliphatic heterocycles. The zero-order valence-electron chi connectivity index (χ0n) is 7.16. The van der Waals surface area contributed by atoms with E-state index in [0.717, 1.165) is 9.80 Å². The second-order valence-electron chi connectivity index (χ2n) is 2.89. The zero-order valence-corrected chi connectivity index (χ0v) is 7.16. The van der Waals surface area contributed by atoms with Crippen LogP contribution >= 0.6 is 0 Å². The third kappa shape index (κ3) is 0.720. The Morgan fingerprint density at radius 3 is 2.08 bits per heavy atom. The Kier molecular flexibility index (Phi) is 1.57. The number of urea groups is 1. The molecule has 64 valence electrons. The molecule has 0 aromatic heterocycles. The molecule has 0 aromatic rings. The lowest BCUT2D eigenvalue weighted by Gasteiger charge is -2.19. The van der Waals surface area contributed by atoms with E-state index in [-0.39, 0.29) is 0 Å². The van der Waals surface area contributed by atoms with Gasteiger partial charge in [-0.05, 0) is 6.92 Å². The molecule has 3 amide bonds. The summed E-state index contributed by atoms with van der Waals surface area (Å²) < 4.78 is 0. The molecular weight excluding hydrogens is 158 g/mol. The van der Waals surface area contributed by atoms with Gasteiger partial charge in [0, 0.05) is 14.1 Å². The predicted molar refractivity (Wildman–Crippen MR) is 39.9 cm³/mol. The van der Waals surface area contributed by atoms with E-state index < -0.39 is 17.5 Å². The van der Waals surface area contributed by atoms with Crippen molar-refractivity contribution in [3.8, 4) is 6.07 Å². The van der Waals surface area contributed by atoms with E-state index in [4.69, 9.17) is 5.26 Å².